The van der Waals surface area contributed by atoms with Gasteiger partial charge in [0.1, 0.15) is 5.82 Å². The van der Waals surface area contributed by atoms with Gasteiger partial charge in [-0.1, -0.05) is 24.3 Å². The van der Waals surface area contributed by atoms with E-state index in [9.17, 15) is 9.18 Å². The van der Waals surface area contributed by atoms with E-state index < -0.39 is 0 Å². The number of ether oxygens (including phenoxy) is 3. The quantitative estimate of drug-likeness (QED) is 0.423. The minimum absolute atomic E-state index is 0.0813. The molecule has 3 aromatic carbocycles. The molecule has 174 valence electrons. The molecule has 0 radical (unpaired) electrons. The van der Waals surface area contributed by atoms with Crippen LogP contribution < -0.4 is 19.5 Å². The predicted molar refractivity (Wildman–Crippen MR) is 129 cm³/mol. The number of halogens is 1. The molecular weight excluding hydrogens is 435 g/mol. The summed E-state index contributed by atoms with van der Waals surface area (Å²) in [5, 5.41) is 4.02. The number of anilines is 1. The van der Waals surface area contributed by atoms with Crippen molar-refractivity contribution in [1.29, 1.82) is 0 Å². The summed E-state index contributed by atoms with van der Waals surface area (Å²) in [6, 6.07) is 16.2. The fourth-order valence-corrected chi connectivity index (χ4v) is 4.89. The smallest absolute Gasteiger partial charge is 0.225 e. The van der Waals surface area contributed by atoms with Gasteiger partial charge in [0.2, 0.25) is 11.7 Å². The van der Waals surface area contributed by atoms with Crippen molar-refractivity contribution in [1.82, 2.24) is 4.57 Å². The van der Waals surface area contributed by atoms with Crippen LogP contribution in [-0.4, -0.2) is 31.8 Å². The number of benzene rings is 3. The first-order valence-electron chi connectivity index (χ1n) is 11.0. The van der Waals surface area contributed by atoms with E-state index >= 15 is 0 Å². The van der Waals surface area contributed by atoms with E-state index in [1.54, 1.807) is 27.4 Å². The highest BCUT2D eigenvalue weighted by molar-refractivity contribution is 6.06. The third kappa shape index (κ3) is 3.63. The zero-order valence-electron chi connectivity index (χ0n) is 19.2. The molecule has 0 spiro atoms. The third-order valence-corrected chi connectivity index (χ3v) is 6.33. The topological polar surface area (TPSA) is 61.7 Å². The predicted octanol–water partition coefficient (Wildman–Crippen LogP) is 5.33. The average molecular weight is 461 g/mol. The summed E-state index contributed by atoms with van der Waals surface area (Å²) in [5.41, 5.74) is 4.40. The van der Waals surface area contributed by atoms with Gasteiger partial charge in [0.05, 0.1) is 32.5 Å². The van der Waals surface area contributed by atoms with E-state index in [1.807, 2.05) is 36.4 Å². The van der Waals surface area contributed by atoms with Gasteiger partial charge in [-0.15, -0.1) is 0 Å². The van der Waals surface area contributed by atoms with Crippen molar-refractivity contribution in [3.05, 3.63) is 83.3 Å². The van der Waals surface area contributed by atoms with Crippen LogP contribution in [0.4, 0.5) is 10.1 Å². The Morgan fingerprint density at radius 2 is 1.76 bits per heavy atom. The van der Waals surface area contributed by atoms with Gasteiger partial charge in [-0.25, -0.2) is 4.39 Å². The first-order chi connectivity index (χ1) is 16.5. The van der Waals surface area contributed by atoms with E-state index in [0.717, 1.165) is 33.3 Å². The fraction of sp³-hybridized carbons (Fsp3) is 0.222. The highest BCUT2D eigenvalue weighted by atomic mass is 19.1. The molecule has 2 heterocycles. The van der Waals surface area contributed by atoms with Crippen LogP contribution in [0, 0.1) is 5.82 Å². The summed E-state index contributed by atoms with van der Waals surface area (Å²) < 4.78 is 32.7. The van der Waals surface area contributed by atoms with Gasteiger partial charge in [0.15, 0.2) is 11.5 Å². The van der Waals surface area contributed by atoms with Crippen molar-refractivity contribution >= 4 is 22.5 Å². The van der Waals surface area contributed by atoms with Crippen molar-refractivity contribution in [2.45, 2.75) is 18.9 Å². The van der Waals surface area contributed by atoms with Crippen molar-refractivity contribution in [3.8, 4) is 17.2 Å². The van der Waals surface area contributed by atoms with E-state index in [0.29, 0.717) is 23.8 Å². The van der Waals surface area contributed by atoms with E-state index in [-0.39, 0.29) is 24.1 Å². The van der Waals surface area contributed by atoms with Gasteiger partial charge >= 0.3 is 0 Å². The maximum atomic E-state index is 13.8. The van der Waals surface area contributed by atoms with Crippen LogP contribution in [0.1, 0.15) is 29.0 Å². The molecule has 5 rings (SSSR count). The number of amides is 1. The Kier molecular flexibility index (Phi) is 5.61. The lowest BCUT2D eigenvalue weighted by Crippen LogP contribution is -2.14. The molecule has 1 amide bonds. The first kappa shape index (κ1) is 21.8. The second-order valence-electron chi connectivity index (χ2n) is 8.27. The summed E-state index contributed by atoms with van der Waals surface area (Å²) in [4.78, 5) is 12.9. The Hall–Kier alpha value is -4.00. The highest BCUT2D eigenvalue weighted by Gasteiger charge is 2.31. The molecule has 1 atom stereocenters. The summed E-state index contributed by atoms with van der Waals surface area (Å²) in [7, 11) is 4.71. The van der Waals surface area contributed by atoms with Gasteiger partial charge in [0, 0.05) is 36.0 Å². The maximum absolute atomic E-state index is 13.8. The van der Waals surface area contributed by atoms with Crippen LogP contribution in [-0.2, 0) is 11.3 Å². The number of methoxy groups -OCH3 is 3. The number of aromatic nitrogens is 1. The molecule has 0 saturated carbocycles. The molecule has 1 N–H and O–H groups in total. The van der Waals surface area contributed by atoms with E-state index in [1.165, 1.54) is 12.1 Å². The van der Waals surface area contributed by atoms with Crippen LogP contribution in [0.5, 0.6) is 17.2 Å². The number of hydrogen-bond acceptors (Lipinski definition) is 4. The number of nitrogens with one attached hydrogen (secondary N) is 1. The molecule has 1 aromatic heterocycles. The van der Waals surface area contributed by atoms with Gasteiger partial charge in [-0.3, -0.25) is 4.79 Å². The Labute approximate surface area is 196 Å². The highest BCUT2D eigenvalue weighted by Crippen LogP contribution is 2.48. The zero-order chi connectivity index (χ0) is 23.8. The zero-order valence-corrected chi connectivity index (χ0v) is 19.2. The number of carbonyl (C=O) groups is 1. The summed E-state index contributed by atoms with van der Waals surface area (Å²) in [5.74, 6) is 0.935. The lowest BCUT2D eigenvalue weighted by molar-refractivity contribution is -0.116. The Morgan fingerprint density at radius 3 is 2.50 bits per heavy atom. The van der Waals surface area contributed by atoms with Gasteiger partial charge in [-0.05, 0) is 41.5 Å². The standard InChI is InChI=1S/C27H25FN2O4/c1-32-23-11-10-18(26(33-2)27(23)34-3)19-13-24(31)29-21-8-5-9-22-25(21)20(19)15-30(22)14-16-6-4-7-17(28)12-16/h4-12,15,19H,13-14H2,1-3H3,(H,29,31). The first-order valence-corrected chi connectivity index (χ1v) is 11.0. The molecule has 0 fully saturated rings. The van der Waals surface area contributed by atoms with Crippen LogP contribution in [0.3, 0.4) is 0 Å². The summed E-state index contributed by atoms with van der Waals surface area (Å²) in [6.07, 6.45) is 2.29. The maximum Gasteiger partial charge on any atom is 0.225 e. The molecule has 0 aliphatic carbocycles. The normalized spacial score (nSPS) is 15.1. The number of nitrogens with zero attached hydrogens (tertiary/aromatic N) is 1. The van der Waals surface area contributed by atoms with Crippen LogP contribution in [0.2, 0.25) is 0 Å². The molecule has 4 aromatic rings. The van der Waals surface area contributed by atoms with Crippen molar-refractivity contribution in [2.75, 3.05) is 26.6 Å². The molecule has 0 bridgehead atoms. The second-order valence-corrected chi connectivity index (χ2v) is 8.27. The Morgan fingerprint density at radius 1 is 0.971 bits per heavy atom. The molecule has 1 aliphatic rings. The number of hydrogen-bond donors (Lipinski definition) is 1. The molecule has 7 heteroatoms. The Bertz CT molecular complexity index is 1400. The minimum atomic E-state index is -0.283. The third-order valence-electron chi connectivity index (χ3n) is 6.33. The SMILES string of the molecule is COc1ccc(C2CC(=O)Nc3cccc4c3c2cn4Cc2cccc(F)c2)c(OC)c1OC. The fourth-order valence-electron chi connectivity index (χ4n) is 4.89. The molecule has 1 unspecified atom stereocenters. The van der Waals surface area contributed by atoms with E-state index in [4.69, 9.17) is 14.2 Å². The molecule has 6 nitrogen and oxygen atoms in total. The van der Waals surface area contributed by atoms with Gasteiger partial charge in [-0.2, -0.15) is 0 Å². The molecule has 34 heavy (non-hydrogen) atoms. The molecular formula is C27H25FN2O4. The van der Waals surface area contributed by atoms with Gasteiger partial charge < -0.3 is 24.1 Å². The van der Waals surface area contributed by atoms with Crippen LogP contribution in [0.25, 0.3) is 10.9 Å². The minimum Gasteiger partial charge on any atom is -0.493 e. The van der Waals surface area contributed by atoms with Crippen molar-refractivity contribution in [3.63, 3.8) is 0 Å². The monoisotopic (exact) mass is 460 g/mol. The van der Waals surface area contributed by atoms with Gasteiger partial charge in [0.25, 0.3) is 0 Å². The Balaban J connectivity index is 1.71. The summed E-state index contributed by atoms with van der Waals surface area (Å²) >= 11 is 0. The van der Waals surface area contributed by atoms with Crippen LogP contribution in [0.15, 0.2) is 60.8 Å². The number of carbonyl (C=O) groups excluding carboxylic acids is 1. The van der Waals surface area contributed by atoms with Crippen molar-refractivity contribution in [2.24, 2.45) is 0 Å². The van der Waals surface area contributed by atoms with Crippen molar-refractivity contribution < 1.29 is 23.4 Å². The second kappa shape index (κ2) is 8.74. The largest absolute Gasteiger partial charge is 0.493 e. The van der Waals surface area contributed by atoms with Crippen LogP contribution >= 0.6 is 0 Å². The lowest BCUT2D eigenvalue weighted by atomic mass is 9.87. The molecule has 0 saturated heterocycles. The number of rotatable bonds is 6. The average Bonchev–Trinajstić information content (AvgIpc) is 3.13. The molecule has 1 aliphatic heterocycles. The summed E-state index contributed by atoms with van der Waals surface area (Å²) in [6.45, 7) is 0.501. The van der Waals surface area contributed by atoms with E-state index in [2.05, 4.69) is 16.1 Å². The lowest BCUT2D eigenvalue weighted by Gasteiger charge is -2.21.